The lowest BCUT2D eigenvalue weighted by Gasteiger charge is -2.08. The van der Waals surface area contributed by atoms with Gasteiger partial charge in [0.15, 0.2) is 5.11 Å². The second kappa shape index (κ2) is 7.18. The van der Waals surface area contributed by atoms with Crippen LogP contribution >= 0.6 is 12.2 Å². The minimum atomic E-state index is -0.375. The number of thiocarbonyl (C=S) groups is 1. The molecule has 0 aliphatic heterocycles. The fourth-order valence-corrected chi connectivity index (χ4v) is 2.44. The minimum absolute atomic E-state index is 0.230. The number of benzene rings is 2. The Labute approximate surface area is 144 Å². The topological polar surface area (TPSA) is 54.8 Å². The maximum atomic E-state index is 13.6. The molecule has 0 radical (unpaired) electrons. The zero-order valence-corrected chi connectivity index (χ0v) is 13.8. The predicted octanol–water partition coefficient (Wildman–Crippen LogP) is 3.58. The summed E-state index contributed by atoms with van der Waals surface area (Å²) in [6.07, 6.45) is 1.62. The van der Waals surface area contributed by atoms with Crippen molar-refractivity contribution in [3.8, 4) is 0 Å². The molecular weight excluding hydrogens is 325 g/mol. The fourth-order valence-electron chi connectivity index (χ4n) is 2.24. The molecule has 0 atom stereocenters. The highest BCUT2D eigenvalue weighted by Gasteiger charge is 2.06. The second-order valence-electron chi connectivity index (χ2n) is 5.31. The average Bonchev–Trinajstić information content (AvgIpc) is 2.96. The summed E-state index contributed by atoms with van der Waals surface area (Å²) in [6, 6.07) is 14.5. The maximum absolute atomic E-state index is 13.6. The standard InChI is InChI=1S/C17H16FN5S/c1-12-5-4-6-13(9-12)10-23-11-19-16(22-23)21-17(24)20-15-8-3-2-7-14(15)18/h2-9,11H,10H2,1H3,(H2,20,21,22,24). The molecule has 0 fully saturated rings. The third-order valence-electron chi connectivity index (χ3n) is 3.31. The number of rotatable bonds is 4. The number of para-hydroxylation sites is 1. The van der Waals surface area contributed by atoms with Crippen LogP contribution in [0.15, 0.2) is 54.9 Å². The zero-order chi connectivity index (χ0) is 16.9. The first-order valence-electron chi connectivity index (χ1n) is 7.38. The van der Waals surface area contributed by atoms with Crippen molar-refractivity contribution in [2.75, 3.05) is 10.6 Å². The van der Waals surface area contributed by atoms with Crippen molar-refractivity contribution in [3.63, 3.8) is 0 Å². The van der Waals surface area contributed by atoms with Gasteiger partial charge in [-0.3, -0.25) is 5.32 Å². The van der Waals surface area contributed by atoms with Crippen LogP contribution in [0.2, 0.25) is 0 Å². The van der Waals surface area contributed by atoms with E-state index in [1.54, 1.807) is 29.2 Å². The normalized spacial score (nSPS) is 10.4. The van der Waals surface area contributed by atoms with Crippen LogP contribution in [0.25, 0.3) is 0 Å². The van der Waals surface area contributed by atoms with Crippen LogP contribution in [0.5, 0.6) is 0 Å². The first-order valence-corrected chi connectivity index (χ1v) is 7.78. The van der Waals surface area contributed by atoms with Crippen LogP contribution in [-0.4, -0.2) is 19.9 Å². The van der Waals surface area contributed by atoms with Gasteiger partial charge in [-0.15, -0.1) is 5.10 Å². The number of nitrogens with zero attached hydrogens (tertiary/aromatic N) is 3. The molecule has 0 saturated heterocycles. The molecular formula is C17H16FN5S. The Morgan fingerprint density at radius 2 is 2.00 bits per heavy atom. The summed E-state index contributed by atoms with van der Waals surface area (Å²) in [5.41, 5.74) is 2.63. The molecule has 1 aromatic heterocycles. The Bertz CT molecular complexity index is 861. The quantitative estimate of drug-likeness (QED) is 0.711. The lowest BCUT2D eigenvalue weighted by Crippen LogP contribution is -2.20. The summed E-state index contributed by atoms with van der Waals surface area (Å²) < 4.78 is 15.3. The lowest BCUT2D eigenvalue weighted by atomic mass is 10.1. The van der Waals surface area contributed by atoms with Crippen LogP contribution in [-0.2, 0) is 6.54 Å². The molecule has 1 heterocycles. The van der Waals surface area contributed by atoms with Gasteiger partial charge in [0.05, 0.1) is 12.2 Å². The largest absolute Gasteiger partial charge is 0.330 e. The third-order valence-corrected chi connectivity index (χ3v) is 3.52. The highest BCUT2D eigenvalue weighted by Crippen LogP contribution is 2.13. The van der Waals surface area contributed by atoms with Crippen molar-refractivity contribution in [1.29, 1.82) is 0 Å². The first kappa shape index (κ1) is 16.1. The molecule has 0 spiro atoms. The van der Waals surface area contributed by atoms with E-state index in [0.29, 0.717) is 18.2 Å². The van der Waals surface area contributed by atoms with E-state index in [2.05, 4.69) is 26.8 Å². The summed E-state index contributed by atoms with van der Waals surface area (Å²) >= 11 is 5.16. The third kappa shape index (κ3) is 4.14. The van der Waals surface area contributed by atoms with Crippen molar-refractivity contribution in [2.45, 2.75) is 13.5 Å². The average molecular weight is 341 g/mol. The number of hydrogen-bond acceptors (Lipinski definition) is 3. The van der Waals surface area contributed by atoms with Gasteiger partial charge in [0.2, 0.25) is 5.95 Å². The van der Waals surface area contributed by atoms with Gasteiger partial charge in [-0.1, -0.05) is 42.0 Å². The van der Waals surface area contributed by atoms with Gasteiger partial charge in [0, 0.05) is 0 Å². The molecule has 0 bridgehead atoms. The summed E-state index contributed by atoms with van der Waals surface area (Å²) in [4.78, 5) is 4.16. The van der Waals surface area contributed by atoms with E-state index in [0.717, 1.165) is 5.56 Å². The first-order chi connectivity index (χ1) is 11.6. The van der Waals surface area contributed by atoms with Gasteiger partial charge in [0.1, 0.15) is 12.1 Å². The number of anilines is 2. The molecule has 2 aromatic carbocycles. The Balaban J connectivity index is 1.61. The van der Waals surface area contributed by atoms with Gasteiger partial charge in [-0.25, -0.2) is 14.1 Å². The fraction of sp³-hybridized carbons (Fsp3) is 0.118. The molecule has 122 valence electrons. The molecule has 0 amide bonds. The van der Waals surface area contributed by atoms with Gasteiger partial charge < -0.3 is 5.32 Å². The second-order valence-corrected chi connectivity index (χ2v) is 5.72. The van der Waals surface area contributed by atoms with Crippen LogP contribution in [0.3, 0.4) is 0 Å². The van der Waals surface area contributed by atoms with Crippen LogP contribution in [0.1, 0.15) is 11.1 Å². The van der Waals surface area contributed by atoms with E-state index in [4.69, 9.17) is 12.2 Å². The van der Waals surface area contributed by atoms with Crippen LogP contribution < -0.4 is 10.6 Å². The van der Waals surface area contributed by atoms with E-state index in [9.17, 15) is 4.39 Å². The molecule has 2 N–H and O–H groups in total. The Kier molecular flexibility index (Phi) is 4.81. The molecule has 0 aliphatic carbocycles. The Morgan fingerprint density at radius 1 is 1.17 bits per heavy atom. The van der Waals surface area contributed by atoms with Crippen LogP contribution in [0.4, 0.5) is 16.0 Å². The molecule has 0 unspecified atom stereocenters. The zero-order valence-electron chi connectivity index (χ0n) is 13.0. The van der Waals surface area contributed by atoms with Gasteiger partial charge in [-0.05, 0) is 36.8 Å². The number of hydrogen-bond donors (Lipinski definition) is 2. The number of aromatic nitrogens is 3. The lowest BCUT2D eigenvalue weighted by molar-refractivity contribution is 0.632. The van der Waals surface area contributed by atoms with E-state index in [-0.39, 0.29) is 10.9 Å². The predicted molar refractivity (Wildman–Crippen MR) is 96.5 cm³/mol. The molecule has 24 heavy (non-hydrogen) atoms. The Hall–Kier alpha value is -2.80. The molecule has 7 heteroatoms. The molecule has 3 aromatic rings. The van der Waals surface area contributed by atoms with Gasteiger partial charge in [-0.2, -0.15) is 0 Å². The molecule has 5 nitrogen and oxygen atoms in total. The summed E-state index contributed by atoms with van der Waals surface area (Å²) in [7, 11) is 0. The van der Waals surface area contributed by atoms with E-state index in [1.165, 1.54) is 11.6 Å². The van der Waals surface area contributed by atoms with Crippen molar-refractivity contribution < 1.29 is 4.39 Å². The highest BCUT2D eigenvalue weighted by atomic mass is 32.1. The van der Waals surface area contributed by atoms with Crippen molar-refractivity contribution in [3.05, 3.63) is 71.8 Å². The van der Waals surface area contributed by atoms with Gasteiger partial charge in [0.25, 0.3) is 0 Å². The van der Waals surface area contributed by atoms with Crippen molar-refractivity contribution >= 4 is 29.0 Å². The Morgan fingerprint density at radius 3 is 2.79 bits per heavy atom. The minimum Gasteiger partial charge on any atom is -0.330 e. The SMILES string of the molecule is Cc1cccc(Cn2cnc(NC(=S)Nc3ccccc3F)n2)c1. The number of aryl methyl sites for hydroxylation is 1. The number of nitrogens with one attached hydrogen (secondary N) is 2. The summed E-state index contributed by atoms with van der Waals surface area (Å²) in [6.45, 7) is 2.66. The van der Waals surface area contributed by atoms with Crippen molar-refractivity contribution in [1.82, 2.24) is 14.8 Å². The monoisotopic (exact) mass is 341 g/mol. The van der Waals surface area contributed by atoms with E-state index in [1.807, 2.05) is 25.1 Å². The van der Waals surface area contributed by atoms with E-state index < -0.39 is 0 Å². The smallest absolute Gasteiger partial charge is 0.248 e. The number of halogens is 1. The summed E-state index contributed by atoms with van der Waals surface area (Å²) in [5.74, 6) is -0.0175. The molecule has 0 aliphatic rings. The van der Waals surface area contributed by atoms with Crippen molar-refractivity contribution in [2.24, 2.45) is 0 Å². The van der Waals surface area contributed by atoms with E-state index >= 15 is 0 Å². The van der Waals surface area contributed by atoms with Gasteiger partial charge >= 0.3 is 0 Å². The van der Waals surface area contributed by atoms with Crippen LogP contribution in [0, 0.1) is 12.7 Å². The molecule has 3 rings (SSSR count). The molecule has 0 saturated carbocycles. The maximum Gasteiger partial charge on any atom is 0.248 e. The summed E-state index contributed by atoms with van der Waals surface area (Å²) in [5, 5.41) is 10.2. The highest BCUT2D eigenvalue weighted by molar-refractivity contribution is 7.80.